The number of benzene rings is 2. The minimum Gasteiger partial charge on any atom is -0.382 e. The SMILES string of the molecule is CCC(c1nnc(C2(O)CCCCC2)n1-c1ccc(F)c(F)c1)N1CCC(Cc2ccccc2)CC1. The Morgan fingerprint density at radius 3 is 2.36 bits per heavy atom. The Labute approximate surface area is 212 Å². The maximum atomic E-state index is 14.3. The highest BCUT2D eigenvalue weighted by atomic mass is 19.2. The zero-order valence-electron chi connectivity index (χ0n) is 21.0. The topological polar surface area (TPSA) is 54.2 Å². The van der Waals surface area contributed by atoms with Gasteiger partial charge in [0.05, 0.1) is 11.7 Å². The molecule has 7 heteroatoms. The monoisotopic (exact) mass is 494 g/mol. The van der Waals surface area contributed by atoms with Crippen molar-refractivity contribution in [3.63, 3.8) is 0 Å². The van der Waals surface area contributed by atoms with Crippen LogP contribution in [0.2, 0.25) is 0 Å². The fraction of sp³-hybridized carbons (Fsp3) is 0.517. The van der Waals surface area contributed by atoms with Gasteiger partial charge in [0, 0.05) is 6.07 Å². The Morgan fingerprint density at radius 1 is 0.972 bits per heavy atom. The highest BCUT2D eigenvalue weighted by molar-refractivity contribution is 5.37. The van der Waals surface area contributed by atoms with Gasteiger partial charge in [-0.25, -0.2) is 8.78 Å². The first-order valence-electron chi connectivity index (χ1n) is 13.4. The number of aliphatic hydroxyl groups is 1. The summed E-state index contributed by atoms with van der Waals surface area (Å²) in [7, 11) is 0. The molecule has 1 aliphatic carbocycles. The van der Waals surface area contributed by atoms with E-state index in [2.05, 4.69) is 52.4 Å². The maximum Gasteiger partial charge on any atom is 0.169 e. The molecule has 1 saturated carbocycles. The largest absolute Gasteiger partial charge is 0.382 e. The third kappa shape index (κ3) is 5.09. The second kappa shape index (κ2) is 10.8. The molecule has 1 N–H and O–H groups in total. The van der Waals surface area contributed by atoms with E-state index in [9.17, 15) is 13.9 Å². The molecule has 0 radical (unpaired) electrons. The number of piperidine rings is 1. The lowest BCUT2D eigenvalue weighted by molar-refractivity contribution is -0.0108. The third-order valence-electron chi connectivity index (χ3n) is 8.09. The molecule has 192 valence electrons. The molecule has 1 atom stereocenters. The van der Waals surface area contributed by atoms with E-state index < -0.39 is 17.2 Å². The van der Waals surface area contributed by atoms with Crippen LogP contribution in [0.5, 0.6) is 0 Å². The lowest BCUT2D eigenvalue weighted by Gasteiger charge is -2.37. The molecule has 2 heterocycles. The van der Waals surface area contributed by atoms with E-state index >= 15 is 0 Å². The van der Waals surface area contributed by atoms with Crippen molar-refractivity contribution in [3.05, 3.63) is 77.4 Å². The molecule has 36 heavy (non-hydrogen) atoms. The first-order chi connectivity index (χ1) is 17.5. The van der Waals surface area contributed by atoms with Crippen molar-refractivity contribution in [3.8, 4) is 5.69 Å². The first kappa shape index (κ1) is 25.0. The number of halogens is 2. The predicted molar refractivity (Wildman–Crippen MR) is 136 cm³/mol. The molecule has 5 nitrogen and oxygen atoms in total. The standard InChI is InChI=1S/C29H36F2N4O/c1-2-26(34-17-13-22(14-18-34)19-21-9-5-3-6-10-21)27-32-33-28(29(36)15-7-4-8-16-29)35(27)23-11-12-24(30)25(31)20-23/h3,5-6,9-12,20,22,26,36H,2,4,7-8,13-19H2,1H3. The molecular formula is C29H36F2N4O. The smallest absolute Gasteiger partial charge is 0.169 e. The van der Waals surface area contributed by atoms with Crippen LogP contribution in [-0.2, 0) is 12.0 Å². The average molecular weight is 495 g/mol. The van der Waals surface area contributed by atoms with Gasteiger partial charge in [-0.15, -0.1) is 10.2 Å². The van der Waals surface area contributed by atoms with Crippen LogP contribution in [0, 0.1) is 17.6 Å². The van der Waals surface area contributed by atoms with Crippen molar-refractivity contribution in [1.82, 2.24) is 19.7 Å². The number of likely N-dealkylation sites (tertiary alicyclic amines) is 1. The van der Waals surface area contributed by atoms with E-state index in [-0.39, 0.29) is 6.04 Å². The van der Waals surface area contributed by atoms with Crippen LogP contribution in [0.4, 0.5) is 8.78 Å². The van der Waals surface area contributed by atoms with E-state index in [1.54, 1.807) is 10.6 Å². The van der Waals surface area contributed by atoms with E-state index in [0.29, 0.717) is 36.1 Å². The summed E-state index contributed by atoms with van der Waals surface area (Å²) < 4.78 is 29.9. The number of rotatable bonds is 7. The Bertz CT molecular complexity index is 1150. The number of hydrogen-bond donors (Lipinski definition) is 1. The van der Waals surface area contributed by atoms with E-state index in [1.807, 2.05) is 0 Å². The van der Waals surface area contributed by atoms with Crippen LogP contribution in [-0.4, -0.2) is 37.9 Å². The van der Waals surface area contributed by atoms with Gasteiger partial charge in [-0.3, -0.25) is 9.47 Å². The Hall–Kier alpha value is -2.64. The van der Waals surface area contributed by atoms with Gasteiger partial charge in [-0.2, -0.15) is 0 Å². The second-order valence-corrected chi connectivity index (χ2v) is 10.5. The Morgan fingerprint density at radius 2 is 1.69 bits per heavy atom. The van der Waals surface area contributed by atoms with Gasteiger partial charge in [-0.05, 0) is 75.2 Å². The molecule has 0 spiro atoms. The molecule has 5 rings (SSSR count). The first-order valence-corrected chi connectivity index (χ1v) is 13.4. The quantitative estimate of drug-likeness (QED) is 0.431. The zero-order valence-corrected chi connectivity index (χ0v) is 21.0. The average Bonchev–Trinajstić information content (AvgIpc) is 3.34. The van der Waals surface area contributed by atoms with Gasteiger partial charge in [0.15, 0.2) is 23.3 Å². The minimum absolute atomic E-state index is 0.0239. The van der Waals surface area contributed by atoms with Crippen LogP contribution < -0.4 is 0 Å². The number of aromatic nitrogens is 3. The maximum absolute atomic E-state index is 14.3. The van der Waals surface area contributed by atoms with Crippen LogP contribution in [0.25, 0.3) is 5.69 Å². The van der Waals surface area contributed by atoms with E-state index in [0.717, 1.165) is 64.1 Å². The van der Waals surface area contributed by atoms with Gasteiger partial charge in [0.1, 0.15) is 5.60 Å². The van der Waals surface area contributed by atoms with Gasteiger partial charge in [-0.1, -0.05) is 56.5 Å². The molecule has 1 aromatic heterocycles. The molecule has 2 aliphatic rings. The van der Waals surface area contributed by atoms with Crippen molar-refractivity contribution in [2.45, 2.75) is 76.4 Å². The minimum atomic E-state index is -1.12. The summed E-state index contributed by atoms with van der Waals surface area (Å²) >= 11 is 0. The molecule has 0 amide bonds. The van der Waals surface area contributed by atoms with Crippen molar-refractivity contribution in [2.24, 2.45) is 5.92 Å². The summed E-state index contributed by atoms with van der Waals surface area (Å²) in [6.07, 6.45) is 8.17. The third-order valence-corrected chi connectivity index (χ3v) is 8.09. The normalized spacial score (nSPS) is 19.9. The summed E-state index contributed by atoms with van der Waals surface area (Å²) in [5.74, 6) is -0.0225. The second-order valence-electron chi connectivity index (χ2n) is 10.5. The highest BCUT2D eigenvalue weighted by Gasteiger charge is 2.39. The van der Waals surface area contributed by atoms with Crippen LogP contribution in [0.3, 0.4) is 0 Å². The van der Waals surface area contributed by atoms with Gasteiger partial charge >= 0.3 is 0 Å². The van der Waals surface area contributed by atoms with Gasteiger partial charge < -0.3 is 5.11 Å². The van der Waals surface area contributed by atoms with Gasteiger partial charge in [0.25, 0.3) is 0 Å². The molecule has 1 unspecified atom stereocenters. The lowest BCUT2D eigenvalue weighted by Crippen LogP contribution is -2.38. The van der Waals surface area contributed by atoms with E-state index in [1.165, 1.54) is 11.6 Å². The molecule has 2 aromatic carbocycles. The number of nitrogens with zero attached hydrogens (tertiary/aromatic N) is 4. The molecule has 3 aromatic rings. The van der Waals surface area contributed by atoms with Crippen LogP contribution in [0.15, 0.2) is 48.5 Å². The summed E-state index contributed by atoms with van der Waals surface area (Å²) in [6, 6.07) is 14.5. The van der Waals surface area contributed by atoms with Crippen molar-refractivity contribution in [2.75, 3.05) is 13.1 Å². The van der Waals surface area contributed by atoms with E-state index in [4.69, 9.17) is 0 Å². The van der Waals surface area contributed by atoms with Crippen LogP contribution >= 0.6 is 0 Å². The van der Waals surface area contributed by atoms with Gasteiger partial charge in [0.2, 0.25) is 0 Å². The summed E-state index contributed by atoms with van der Waals surface area (Å²) in [5.41, 5.74) is 0.724. The fourth-order valence-electron chi connectivity index (χ4n) is 6.07. The lowest BCUT2D eigenvalue weighted by atomic mass is 9.84. The van der Waals surface area contributed by atoms with Crippen molar-refractivity contribution >= 4 is 0 Å². The highest BCUT2D eigenvalue weighted by Crippen LogP contribution is 2.39. The Kier molecular flexibility index (Phi) is 7.49. The van der Waals surface area contributed by atoms with Crippen molar-refractivity contribution < 1.29 is 13.9 Å². The zero-order chi connectivity index (χ0) is 25.1. The van der Waals surface area contributed by atoms with Crippen LogP contribution in [0.1, 0.15) is 81.5 Å². The molecule has 0 bridgehead atoms. The predicted octanol–water partition coefficient (Wildman–Crippen LogP) is 6.10. The molecular weight excluding hydrogens is 458 g/mol. The summed E-state index contributed by atoms with van der Waals surface area (Å²) in [6.45, 7) is 4.01. The van der Waals surface area contributed by atoms with Crippen molar-refractivity contribution in [1.29, 1.82) is 0 Å². The molecule has 1 aliphatic heterocycles. The molecule has 1 saturated heterocycles. The summed E-state index contributed by atoms with van der Waals surface area (Å²) in [4.78, 5) is 2.44. The summed E-state index contributed by atoms with van der Waals surface area (Å²) in [5, 5.41) is 20.6. The molecule has 2 fully saturated rings. The Balaban J connectivity index is 1.43. The number of hydrogen-bond acceptors (Lipinski definition) is 4. The fourth-order valence-corrected chi connectivity index (χ4v) is 6.07.